The summed E-state index contributed by atoms with van der Waals surface area (Å²) in [6.07, 6.45) is 5.11. The molecule has 14 heavy (non-hydrogen) atoms. The van der Waals surface area contributed by atoms with Crippen molar-refractivity contribution in [1.29, 1.82) is 0 Å². The summed E-state index contributed by atoms with van der Waals surface area (Å²) >= 11 is 0. The molecule has 5 nitrogen and oxygen atoms in total. The van der Waals surface area contributed by atoms with E-state index in [2.05, 4.69) is 15.3 Å². The van der Waals surface area contributed by atoms with Crippen LogP contribution in [0.25, 0.3) is 0 Å². The van der Waals surface area contributed by atoms with Crippen molar-refractivity contribution in [3.63, 3.8) is 0 Å². The number of nitrogens with zero attached hydrogens (tertiary/aromatic N) is 4. The fourth-order valence-corrected chi connectivity index (χ4v) is 1.32. The van der Waals surface area contributed by atoms with E-state index in [1.165, 1.54) is 0 Å². The van der Waals surface area contributed by atoms with Gasteiger partial charge in [0.15, 0.2) is 0 Å². The standard InChI is InChI=1S/C9H11N5/c1-14-8(6-12-13-14)9(10)7-2-4-11-5-3-7/h2-6,9H,10H2,1H3. The van der Waals surface area contributed by atoms with Crippen molar-refractivity contribution >= 4 is 0 Å². The fourth-order valence-electron chi connectivity index (χ4n) is 1.32. The van der Waals surface area contributed by atoms with Crippen LogP contribution in [0.15, 0.2) is 30.7 Å². The molecule has 2 N–H and O–H groups in total. The van der Waals surface area contributed by atoms with Crippen LogP contribution in [0.4, 0.5) is 0 Å². The maximum atomic E-state index is 6.03. The van der Waals surface area contributed by atoms with Crippen LogP contribution in [0.3, 0.4) is 0 Å². The highest BCUT2D eigenvalue weighted by Crippen LogP contribution is 2.16. The van der Waals surface area contributed by atoms with E-state index in [1.807, 2.05) is 19.2 Å². The third kappa shape index (κ3) is 1.49. The van der Waals surface area contributed by atoms with Gasteiger partial charge in [-0.1, -0.05) is 5.21 Å². The van der Waals surface area contributed by atoms with Gasteiger partial charge in [-0.25, -0.2) is 0 Å². The summed E-state index contributed by atoms with van der Waals surface area (Å²) in [6.45, 7) is 0. The number of rotatable bonds is 2. The van der Waals surface area contributed by atoms with Gasteiger partial charge in [-0.3, -0.25) is 9.67 Å². The van der Waals surface area contributed by atoms with Crippen molar-refractivity contribution in [2.75, 3.05) is 0 Å². The molecule has 0 aliphatic carbocycles. The van der Waals surface area contributed by atoms with Crippen LogP contribution in [0.2, 0.25) is 0 Å². The minimum absolute atomic E-state index is 0.196. The van der Waals surface area contributed by atoms with Gasteiger partial charge in [-0.2, -0.15) is 0 Å². The maximum Gasteiger partial charge on any atom is 0.0796 e. The van der Waals surface area contributed by atoms with Gasteiger partial charge in [-0.05, 0) is 17.7 Å². The highest BCUT2D eigenvalue weighted by atomic mass is 15.4. The SMILES string of the molecule is Cn1nncc1C(N)c1ccncc1. The number of aryl methyl sites for hydroxylation is 1. The van der Waals surface area contributed by atoms with Crippen molar-refractivity contribution in [3.05, 3.63) is 42.0 Å². The molecule has 2 aromatic rings. The van der Waals surface area contributed by atoms with Gasteiger partial charge < -0.3 is 5.73 Å². The van der Waals surface area contributed by atoms with E-state index in [0.717, 1.165) is 11.3 Å². The molecule has 5 heteroatoms. The van der Waals surface area contributed by atoms with Crippen LogP contribution in [-0.2, 0) is 7.05 Å². The number of pyridine rings is 1. The smallest absolute Gasteiger partial charge is 0.0796 e. The summed E-state index contributed by atoms with van der Waals surface area (Å²) in [4.78, 5) is 3.94. The first-order valence-corrected chi connectivity index (χ1v) is 4.29. The predicted octanol–water partition coefficient (Wildman–Crippen LogP) is 0.258. The number of nitrogens with two attached hydrogens (primary N) is 1. The summed E-state index contributed by atoms with van der Waals surface area (Å²) in [6, 6.07) is 3.58. The Morgan fingerprint density at radius 1 is 1.36 bits per heavy atom. The van der Waals surface area contributed by atoms with E-state index in [0.29, 0.717) is 0 Å². The van der Waals surface area contributed by atoms with Gasteiger partial charge in [0, 0.05) is 19.4 Å². The minimum Gasteiger partial charge on any atom is -0.319 e. The van der Waals surface area contributed by atoms with Gasteiger partial charge in [-0.15, -0.1) is 5.10 Å². The van der Waals surface area contributed by atoms with E-state index in [4.69, 9.17) is 5.73 Å². The molecular formula is C9H11N5. The molecule has 0 saturated carbocycles. The molecule has 72 valence electrons. The molecule has 0 aromatic carbocycles. The van der Waals surface area contributed by atoms with Crippen LogP contribution in [0.5, 0.6) is 0 Å². The van der Waals surface area contributed by atoms with Gasteiger partial charge in [0.05, 0.1) is 17.9 Å². The topological polar surface area (TPSA) is 69.6 Å². The molecule has 1 atom stereocenters. The lowest BCUT2D eigenvalue weighted by Crippen LogP contribution is -2.15. The number of hydrogen-bond donors (Lipinski definition) is 1. The first kappa shape index (κ1) is 8.83. The van der Waals surface area contributed by atoms with Gasteiger partial charge >= 0.3 is 0 Å². The first-order chi connectivity index (χ1) is 6.79. The molecule has 0 spiro atoms. The molecule has 0 radical (unpaired) electrons. The van der Waals surface area contributed by atoms with E-state index in [-0.39, 0.29) is 6.04 Å². The minimum atomic E-state index is -0.196. The zero-order valence-corrected chi connectivity index (χ0v) is 7.83. The monoisotopic (exact) mass is 189 g/mol. The van der Waals surface area contributed by atoms with Crippen molar-refractivity contribution in [1.82, 2.24) is 20.0 Å². The molecule has 0 fully saturated rings. The predicted molar refractivity (Wildman–Crippen MR) is 51.3 cm³/mol. The first-order valence-electron chi connectivity index (χ1n) is 4.29. The van der Waals surface area contributed by atoms with Crippen molar-refractivity contribution in [3.8, 4) is 0 Å². The van der Waals surface area contributed by atoms with E-state index < -0.39 is 0 Å². The largest absolute Gasteiger partial charge is 0.319 e. The molecule has 0 saturated heterocycles. The van der Waals surface area contributed by atoms with E-state index in [9.17, 15) is 0 Å². The second kappa shape index (κ2) is 3.55. The average Bonchev–Trinajstić information content (AvgIpc) is 2.65. The Labute approximate surface area is 81.6 Å². The Kier molecular flexibility index (Phi) is 2.24. The van der Waals surface area contributed by atoms with Gasteiger partial charge in [0.25, 0.3) is 0 Å². The Morgan fingerprint density at radius 3 is 2.64 bits per heavy atom. The van der Waals surface area contributed by atoms with Crippen molar-refractivity contribution in [2.45, 2.75) is 6.04 Å². The fraction of sp³-hybridized carbons (Fsp3) is 0.222. The van der Waals surface area contributed by atoms with Crippen LogP contribution in [0, 0.1) is 0 Å². The van der Waals surface area contributed by atoms with Crippen molar-refractivity contribution in [2.24, 2.45) is 12.8 Å². The lowest BCUT2D eigenvalue weighted by atomic mass is 10.1. The summed E-state index contributed by atoms with van der Waals surface area (Å²) in [7, 11) is 1.82. The van der Waals surface area contributed by atoms with Crippen LogP contribution in [-0.4, -0.2) is 20.0 Å². The highest BCUT2D eigenvalue weighted by Gasteiger charge is 2.12. The summed E-state index contributed by atoms with van der Waals surface area (Å²) in [5.74, 6) is 0. The second-order valence-corrected chi connectivity index (χ2v) is 3.04. The van der Waals surface area contributed by atoms with E-state index >= 15 is 0 Å². The number of aromatic nitrogens is 4. The van der Waals surface area contributed by atoms with Crippen molar-refractivity contribution < 1.29 is 0 Å². The molecule has 0 aliphatic heterocycles. The molecule has 0 amide bonds. The molecule has 2 rings (SSSR count). The Hall–Kier alpha value is -1.75. The van der Waals surface area contributed by atoms with Crippen LogP contribution in [0.1, 0.15) is 17.3 Å². The summed E-state index contributed by atoms with van der Waals surface area (Å²) in [5.41, 5.74) is 7.92. The van der Waals surface area contributed by atoms with Gasteiger partial charge in [0.2, 0.25) is 0 Å². The molecule has 0 aliphatic rings. The lowest BCUT2D eigenvalue weighted by Gasteiger charge is -2.10. The van der Waals surface area contributed by atoms with Crippen LogP contribution >= 0.6 is 0 Å². The summed E-state index contributed by atoms with van der Waals surface area (Å²) in [5, 5.41) is 7.62. The Morgan fingerprint density at radius 2 is 2.07 bits per heavy atom. The maximum absolute atomic E-state index is 6.03. The third-order valence-electron chi connectivity index (χ3n) is 2.13. The van der Waals surface area contributed by atoms with E-state index in [1.54, 1.807) is 23.3 Å². The molecule has 0 bridgehead atoms. The zero-order chi connectivity index (χ0) is 9.97. The second-order valence-electron chi connectivity index (χ2n) is 3.04. The zero-order valence-electron chi connectivity index (χ0n) is 7.83. The Bertz CT molecular complexity index is 408. The highest BCUT2D eigenvalue weighted by molar-refractivity contribution is 5.23. The molecule has 2 aromatic heterocycles. The van der Waals surface area contributed by atoms with Gasteiger partial charge in [0.1, 0.15) is 0 Å². The molecular weight excluding hydrogens is 178 g/mol. The Balaban J connectivity index is 2.34. The average molecular weight is 189 g/mol. The summed E-state index contributed by atoms with van der Waals surface area (Å²) < 4.78 is 1.67. The normalized spacial score (nSPS) is 12.7. The number of hydrogen-bond acceptors (Lipinski definition) is 4. The molecule has 1 unspecified atom stereocenters. The lowest BCUT2D eigenvalue weighted by molar-refractivity contribution is 0.650. The van der Waals surface area contributed by atoms with Crippen LogP contribution < -0.4 is 5.73 Å². The quantitative estimate of drug-likeness (QED) is 0.735. The molecule has 2 heterocycles. The third-order valence-corrected chi connectivity index (χ3v) is 2.13.